The van der Waals surface area contributed by atoms with Crippen molar-refractivity contribution in [2.45, 2.75) is 32.2 Å². The second-order valence-corrected chi connectivity index (χ2v) is 5.42. The molecule has 98 valence electrons. The van der Waals surface area contributed by atoms with Crippen molar-refractivity contribution in [2.24, 2.45) is 11.7 Å². The smallest absolute Gasteiger partial charge is 0.252 e. The molecule has 1 amide bonds. The fourth-order valence-corrected chi connectivity index (χ4v) is 2.25. The van der Waals surface area contributed by atoms with Gasteiger partial charge in [-0.05, 0) is 50.3 Å². The summed E-state index contributed by atoms with van der Waals surface area (Å²) in [7, 11) is 0. The maximum absolute atomic E-state index is 12.3. The number of nitrogens with two attached hydrogens (primary N) is 2. The summed E-state index contributed by atoms with van der Waals surface area (Å²) in [5, 5.41) is 3.07. The number of rotatable bonds is 4. The van der Waals surface area contributed by atoms with Gasteiger partial charge in [-0.3, -0.25) is 4.79 Å². The predicted molar refractivity (Wildman–Crippen MR) is 73.2 cm³/mol. The Balaban J connectivity index is 2.18. The minimum absolute atomic E-state index is 0.0837. The van der Waals surface area contributed by atoms with Crippen molar-refractivity contribution >= 4 is 11.6 Å². The molecule has 0 saturated heterocycles. The van der Waals surface area contributed by atoms with Crippen LogP contribution in [0, 0.1) is 12.8 Å². The van der Waals surface area contributed by atoms with Crippen LogP contribution in [-0.4, -0.2) is 18.0 Å². The molecule has 1 saturated carbocycles. The van der Waals surface area contributed by atoms with E-state index in [0.717, 1.165) is 18.4 Å². The number of anilines is 1. The molecule has 1 aromatic carbocycles. The van der Waals surface area contributed by atoms with Crippen LogP contribution in [0.3, 0.4) is 0 Å². The molecule has 1 aliphatic rings. The van der Waals surface area contributed by atoms with Crippen LogP contribution >= 0.6 is 0 Å². The average molecular weight is 247 g/mol. The molecule has 4 heteroatoms. The van der Waals surface area contributed by atoms with E-state index >= 15 is 0 Å². The van der Waals surface area contributed by atoms with Crippen molar-refractivity contribution in [1.29, 1.82) is 0 Å². The number of aryl methyl sites for hydroxylation is 1. The maximum atomic E-state index is 12.3. The lowest BCUT2D eigenvalue weighted by Gasteiger charge is -2.29. The third kappa shape index (κ3) is 2.48. The molecule has 0 spiro atoms. The van der Waals surface area contributed by atoms with Crippen molar-refractivity contribution in [3.63, 3.8) is 0 Å². The fraction of sp³-hybridized carbons (Fsp3) is 0.500. The third-order valence-electron chi connectivity index (χ3n) is 3.81. The van der Waals surface area contributed by atoms with Gasteiger partial charge in [-0.1, -0.05) is 6.07 Å². The molecule has 1 unspecified atom stereocenters. The highest BCUT2D eigenvalue weighted by atomic mass is 16.1. The van der Waals surface area contributed by atoms with Crippen LogP contribution in [0.5, 0.6) is 0 Å². The van der Waals surface area contributed by atoms with E-state index in [0.29, 0.717) is 23.7 Å². The molecule has 1 atom stereocenters. The molecule has 0 radical (unpaired) electrons. The van der Waals surface area contributed by atoms with E-state index in [9.17, 15) is 4.79 Å². The highest BCUT2D eigenvalue weighted by molar-refractivity contribution is 5.97. The summed E-state index contributed by atoms with van der Waals surface area (Å²) in [6.07, 6.45) is 2.29. The normalized spacial score (nSPS) is 18.2. The molecule has 4 nitrogen and oxygen atoms in total. The number of benzene rings is 1. The summed E-state index contributed by atoms with van der Waals surface area (Å²) in [6.45, 7) is 4.39. The Kier molecular flexibility index (Phi) is 3.30. The maximum Gasteiger partial charge on any atom is 0.252 e. The van der Waals surface area contributed by atoms with Gasteiger partial charge < -0.3 is 16.8 Å². The molecule has 1 fully saturated rings. The first-order valence-electron chi connectivity index (χ1n) is 6.35. The molecule has 0 heterocycles. The number of nitrogen functional groups attached to an aromatic ring is 1. The van der Waals surface area contributed by atoms with Gasteiger partial charge in [0.05, 0.1) is 5.54 Å². The zero-order valence-electron chi connectivity index (χ0n) is 11.0. The van der Waals surface area contributed by atoms with Crippen LogP contribution in [-0.2, 0) is 0 Å². The Morgan fingerprint density at radius 3 is 2.72 bits per heavy atom. The van der Waals surface area contributed by atoms with Gasteiger partial charge in [-0.25, -0.2) is 0 Å². The topological polar surface area (TPSA) is 81.1 Å². The van der Waals surface area contributed by atoms with Crippen LogP contribution in [0.2, 0.25) is 0 Å². The first-order valence-corrected chi connectivity index (χ1v) is 6.35. The van der Waals surface area contributed by atoms with Gasteiger partial charge in [0.1, 0.15) is 0 Å². The van der Waals surface area contributed by atoms with E-state index in [4.69, 9.17) is 11.5 Å². The zero-order valence-corrected chi connectivity index (χ0v) is 11.0. The SMILES string of the molecule is Cc1ccc(N)cc1C(=O)NC(C)(CN)C1CC1. The van der Waals surface area contributed by atoms with Gasteiger partial charge in [-0.15, -0.1) is 0 Å². The van der Waals surface area contributed by atoms with Gasteiger partial charge in [0.2, 0.25) is 0 Å². The Hall–Kier alpha value is -1.55. The second-order valence-electron chi connectivity index (χ2n) is 5.42. The third-order valence-corrected chi connectivity index (χ3v) is 3.81. The molecule has 2 rings (SSSR count). The lowest BCUT2D eigenvalue weighted by Crippen LogP contribution is -2.53. The van der Waals surface area contributed by atoms with Gasteiger partial charge >= 0.3 is 0 Å². The van der Waals surface area contributed by atoms with E-state index in [-0.39, 0.29) is 11.4 Å². The van der Waals surface area contributed by atoms with Crippen molar-refractivity contribution in [3.05, 3.63) is 29.3 Å². The Bertz CT molecular complexity index is 468. The quantitative estimate of drug-likeness (QED) is 0.704. The van der Waals surface area contributed by atoms with Crippen LogP contribution in [0.15, 0.2) is 18.2 Å². The minimum Gasteiger partial charge on any atom is -0.399 e. The first kappa shape index (κ1) is 12.9. The molecular formula is C14H21N3O. The number of hydrogen-bond acceptors (Lipinski definition) is 3. The fourth-order valence-electron chi connectivity index (χ4n) is 2.25. The summed E-state index contributed by atoms with van der Waals surface area (Å²) < 4.78 is 0. The van der Waals surface area contributed by atoms with Crippen molar-refractivity contribution in [3.8, 4) is 0 Å². The Morgan fingerprint density at radius 1 is 1.50 bits per heavy atom. The number of hydrogen-bond donors (Lipinski definition) is 3. The monoisotopic (exact) mass is 247 g/mol. The van der Waals surface area contributed by atoms with Crippen molar-refractivity contribution in [2.75, 3.05) is 12.3 Å². The molecule has 1 aromatic rings. The average Bonchev–Trinajstić information content (AvgIpc) is 3.16. The summed E-state index contributed by atoms with van der Waals surface area (Å²) in [5.74, 6) is 0.424. The summed E-state index contributed by atoms with van der Waals surface area (Å²) in [6, 6.07) is 5.38. The standard InChI is InChI=1S/C14H21N3O/c1-9-3-6-11(16)7-12(9)13(18)17-14(2,8-15)10-4-5-10/h3,6-7,10H,4-5,8,15-16H2,1-2H3,(H,17,18). The highest BCUT2D eigenvalue weighted by Crippen LogP contribution is 2.39. The van der Waals surface area contributed by atoms with Gasteiger partial charge in [0, 0.05) is 17.8 Å². The molecular weight excluding hydrogens is 226 g/mol. The minimum atomic E-state index is -0.297. The summed E-state index contributed by atoms with van der Waals surface area (Å²) in [4.78, 5) is 12.3. The van der Waals surface area contributed by atoms with Crippen LogP contribution in [0.1, 0.15) is 35.7 Å². The Morgan fingerprint density at radius 2 is 2.17 bits per heavy atom. The largest absolute Gasteiger partial charge is 0.399 e. The van der Waals surface area contributed by atoms with Crippen molar-refractivity contribution in [1.82, 2.24) is 5.32 Å². The molecule has 0 aromatic heterocycles. The summed E-state index contributed by atoms with van der Waals surface area (Å²) >= 11 is 0. The zero-order chi connectivity index (χ0) is 13.3. The molecule has 0 aliphatic heterocycles. The van der Waals surface area contributed by atoms with Gasteiger partial charge in [-0.2, -0.15) is 0 Å². The molecule has 1 aliphatic carbocycles. The van der Waals surface area contributed by atoms with E-state index < -0.39 is 0 Å². The van der Waals surface area contributed by atoms with Gasteiger partial charge in [0.15, 0.2) is 0 Å². The lowest BCUT2D eigenvalue weighted by molar-refractivity contribution is 0.0897. The highest BCUT2D eigenvalue weighted by Gasteiger charge is 2.41. The lowest BCUT2D eigenvalue weighted by atomic mass is 9.95. The molecule has 0 bridgehead atoms. The van der Waals surface area contributed by atoms with E-state index in [2.05, 4.69) is 5.32 Å². The van der Waals surface area contributed by atoms with E-state index in [1.54, 1.807) is 12.1 Å². The van der Waals surface area contributed by atoms with Crippen LogP contribution in [0.25, 0.3) is 0 Å². The van der Waals surface area contributed by atoms with Crippen LogP contribution < -0.4 is 16.8 Å². The summed E-state index contributed by atoms with van der Waals surface area (Å²) in [5.41, 5.74) is 13.4. The Labute approximate surface area is 108 Å². The number of amides is 1. The number of carbonyl (C=O) groups is 1. The molecule has 5 N–H and O–H groups in total. The van der Waals surface area contributed by atoms with Crippen molar-refractivity contribution < 1.29 is 4.79 Å². The number of nitrogens with one attached hydrogen (secondary N) is 1. The predicted octanol–water partition coefficient (Wildman–Crippen LogP) is 1.43. The van der Waals surface area contributed by atoms with E-state index in [1.165, 1.54) is 0 Å². The number of carbonyl (C=O) groups excluding carboxylic acids is 1. The van der Waals surface area contributed by atoms with Crippen LogP contribution in [0.4, 0.5) is 5.69 Å². The second kappa shape index (κ2) is 4.61. The first-order chi connectivity index (χ1) is 8.46. The molecule has 18 heavy (non-hydrogen) atoms. The van der Waals surface area contributed by atoms with E-state index in [1.807, 2.05) is 19.9 Å². The van der Waals surface area contributed by atoms with Gasteiger partial charge in [0.25, 0.3) is 5.91 Å².